The molecule has 3 saturated carbocycles. The number of likely N-dealkylation sites (N-methyl/N-ethyl adjacent to an activating group) is 1. The number of guanidine groups is 1. The van der Waals surface area contributed by atoms with Gasteiger partial charge in [0.1, 0.15) is 36.1 Å². The van der Waals surface area contributed by atoms with Gasteiger partial charge in [-0.25, -0.2) is 14.0 Å². The summed E-state index contributed by atoms with van der Waals surface area (Å²) >= 11 is 0. The number of aliphatic hydroxyl groups excluding tert-OH is 4. The van der Waals surface area contributed by atoms with Crippen molar-refractivity contribution >= 4 is 47.4 Å². The van der Waals surface area contributed by atoms with Gasteiger partial charge in [0.15, 0.2) is 30.6 Å². The molecule has 21 unspecified atom stereocenters. The number of urea groups is 1. The van der Waals surface area contributed by atoms with Crippen LogP contribution in [0.2, 0.25) is 0 Å². The lowest BCUT2D eigenvalue weighted by molar-refractivity contribution is -0.454. The highest BCUT2D eigenvalue weighted by molar-refractivity contribution is 6.02. The molecule has 3 heterocycles. The first-order valence-electron chi connectivity index (χ1n) is 39.8. The number of carboxylic acids is 1. The van der Waals surface area contributed by atoms with Gasteiger partial charge in [-0.1, -0.05) is 90.4 Å². The number of fused-ring (bicyclic) bond motifs is 5. The molecule has 27 atom stereocenters. The number of nitrogens with zero attached hydrogens (tertiary/aromatic N) is 3. The number of carbonyl (C=O) groups is 7. The number of allylic oxidation sites excluding steroid dienone is 4. The molecule has 0 spiro atoms. The SMILES string of the molecule is CCC1OC(=O)C(C)C(OC2CC(C)(OC)C(O)C(C)O2)C(C)C(OC2OC(C)CC(N(C)C)C2O)C(C)(O)CC(C)CN(CCCNC(=[NH+]CC(=O)O)N(CCC(C)C)C(=O)C(Cc2ccccc2)NC(=O)CNC(=O)NC(=O)[C@H]2[C@H](C)CC3C4CCC5=CC(=O)C=C[C@]5(C)[C@@]4(F)[C@@H](O)C[C@@]32C)C(C)C(O)C1(C)O. The Bertz CT molecular complexity index is 3460. The van der Waals surface area contributed by atoms with Crippen molar-refractivity contribution < 1.29 is 107 Å². The fourth-order valence-electron chi connectivity index (χ4n) is 19.5. The number of nitrogens with one attached hydrogen (secondary N) is 5. The van der Waals surface area contributed by atoms with Gasteiger partial charge < -0.3 is 79.7 Å². The maximum absolute atomic E-state index is 17.9. The number of imide groups is 1. The Morgan fingerprint density at radius 3 is 2.19 bits per heavy atom. The van der Waals surface area contributed by atoms with Crippen LogP contribution in [-0.2, 0) is 63.6 Å². The number of halogens is 1. The Balaban J connectivity index is 1.02. The molecule has 29 heteroatoms. The number of amides is 5. The third kappa shape index (κ3) is 19.7. The zero-order chi connectivity index (χ0) is 81.7. The van der Waals surface area contributed by atoms with E-state index in [1.165, 1.54) is 31.1 Å². The van der Waals surface area contributed by atoms with Crippen LogP contribution in [0, 0.1) is 58.2 Å². The molecule has 1 aromatic carbocycles. The summed E-state index contributed by atoms with van der Waals surface area (Å²) in [5, 5.41) is 94.6. The Kier molecular flexibility index (Phi) is 29.9. The summed E-state index contributed by atoms with van der Waals surface area (Å²) in [5.41, 5.74) is -8.04. The van der Waals surface area contributed by atoms with Crippen LogP contribution in [-0.4, -0.2) is 266 Å². The van der Waals surface area contributed by atoms with Gasteiger partial charge in [-0.15, -0.1) is 0 Å². The number of rotatable bonds is 23. The molecule has 0 bridgehead atoms. The molecule has 4 aliphatic carbocycles. The largest absolute Gasteiger partial charge is 0.479 e. The summed E-state index contributed by atoms with van der Waals surface area (Å²) in [6.07, 6.45) is -5.86. The lowest BCUT2D eigenvalue weighted by Gasteiger charge is -2.61. The van der Waals surface area contributed by atoms with Crippen molar-refractivity contribution in [3.05, 3.63) is 59.7 Å². The minimum Gasteiger partial charge on any atom is -0.479 e. The van der Waals surface area contributed by atoms with Crippen molar-refractivity contribution in [2.45, 2.75) is 283 Å². The third-order valence-corrected chi connectivity index (χ3v) is 25.6. The van der Waals surface area contributed by atoms with Gasteiger partial charge in [0.25, 0.3) is 0 Å². The van der Waals surface area contributed by atoms with Crippen LogP contribution in [0.15, 0.2) is 54.1 Å². The molecule has 7 aliphatic rings. The highest BCUT2D eigenvalue weighted by atomic mass is 19.1. The zero-order valence-electron chi connectivity index (χ0n) is 68.0. The van der Waals surface area contributed by atoms with E-state index < -0.39 is 191 Å². The second-order valence-corrected chi connectivity index (χ2v) is 34.8. The van der Waals surface area contributed by atoms with Crippen LogP contribution >= 0.6 is 0 Å². The van der Waals surface area contributed by atoms with E-state index in [1.807, 2.05) is 65.4 Å². The van der Waals surface area contributed by atoms with E-state index in [0.717, 1.165) is 0 Å². The van der Waals surface area contributed by atoms with E-state index in [0.29, 0.717) is 43.2 Å². The molecule has 1 aromatic rings. The Labute approximate surface area is 648 Å². The number of esters is 1. The second kappa shape index (κ2) is 36.7. The Morgan fingerprint density at radius 1 is 0.873 bits per heavy atom. The molecule has 8 rings (SSSR count). The van der Waals surface area contributed by atoms with Gasteiger partial charge in [-0.2, -0.15) is 4.90 Å². The number of aliphatic carboxylic acids is 1. The third-order valence-electron chi connectivity index (χ3n) is 25.6. The molecule has 12 N–H and O–H groups in total. The van der Waals surface area contributed by atoms with Crippen molar-refractivity contribution in [3.63, 3.8) is 0 Å². The molecule has 0 radical (unpaired) electrons. The molecule has 0 aromatic heterocycles. The van der Waals surface area contributed by atoms with E-state index in [-0.39, 0.29) is 100 Å². The zero-order valence-corrected chi connectivity index (χ0v) is 68.0. The van der Waals surface area contributed by atoms with Crippen LogP contribution in [0.4, 0.5) is 9.18 Å². The number of cyclic esters (lactones) is 1. The highest BCUT2D eigenvalue weighted by Gasteiger charge is 2.72. The highest BCUT2D eigenvalue weighted by Crippen LogP contribution is 2.70. The van der Waals surface area contributed by atoms with E-state index in [2.05, 4.69) is 26.3 Å². The summed E-state index contributed by atoms with van der Waals surface area (Å²) in [6.45, 7) is 25.4. The first-order valence-corrected chi connectivity index (χ1v) is 39.8. The second-order valence-electron chi connectivity index (χ2n) is 34.8. The van der Waals surface area contributed by atoms with Crippen LogP contribution in [0.5, 0.6) is 0 Å². The minimum atomic E-state index is -2.11. The normalized spacial score (nSPS) is 39.7. The van der Waals surface area contributed by atoms with E-state index in [4.69, 9.17) is 28.4 Å². The van der Waals surface area contributed by atoms with E-state index >= 15 is 9.18 Å². The smallest absolute Gasteiger partial charge is 0.353 e. The van der Waals surface area contributed by atoms with Gasteiger partial charge in [0, 0.05) is 68.3 Å². The number of alkyl halides is 1. The number of hydrogen-bond acceptors (Lipinski definition) is 21. The lowest BCUT2D eigenvalue weighted by atomic mass is 9.45. The number of carboxylic acid groups (broad SMARTS) is 1. The molecule has 620 valence electrons. The van der Waals surface area contributed by atoms with Crippen LogP contribution < -0.4 is 26.3 Å². The number of ketones is 1. The summed E-state index contributed by atoms with van der Waals surface area (Å²) < 4.78 is 56.4. The van der Waals surface area contributed by atoms with Crippen molar-refractivity contribution in [3.8, 4) is 0 Å². The van der Waals surface area contributed by atoms with Gasteiger partial charge >= 0.3 is 29.8 Å². The van der Waals surface area contributed by atoms with Crippen LogP contribution in [0.1, 0.15) is 174 Å². The molecular formula is C81H130FN8O20+. The van der Waals surface area contributed by atoms with Gasteiger partial charge in [-0.3, -0.25) is 44.5 Å². The average Bonchev–Trinajstić information content (AvgIpc) is 1.35. The lowest BCUT2D eigenvalue weighted by Crippen LogP contribution is -2.82. The first kappa shape index (κ1) is 89.6. The number of hydrogen-bond donors (Lipinski definition) is 12. The van der Waals surface area contributed by atoms with Crippen molar-refractivity contribution in [2.24, 2.45) is 58.2 Å². The molecule has 6 fully saturated rings. The van der Waals surface area contributed by atoms with Gasteiger partial charge in [0.05, 0.1) is 67.3 Å². The number of methoxy groups -OCH3 is 1. The van der Waals surface area contributed by atoms with Crippen molar-refractivity contribution in [2.75, 3.05) is 60.5 Å². The van der Waals surface area contributed by atoms with E-state index in [1.54, 1.807) is 91.8 Å². The monoisotopic (exact) mass is 1550 g/mol. The van der Waals surface area contributed by atoms with Crippen LogP contribution in [0.25, 0.3) is 0 Å². The topological polar surface area (TPSA) is 388 Å². The predicted molar refractivity (Wildman–Crippen MR) is 405 cm³/mol. The number of ether oxygens (including phenoxy) is 6. The standard InChI is InChI=1S/C81H129FN8O20/c1-19-60-80(15,104)67(97)50(9)89(43-45(4)38-78(13,103)69(110-73-65(96)58(88(16)17)35-47(6)106-73)48(7)66(49(8)72(101)108-60)109-63-40-79(14,105-18)68(98)51(10)107-63)32-23-31-83-74(84-42-62(94)95)90(33-29-44(2)3)71(100)57(36-52-24-21-20-22-25-52)86-61(93)41-85-75(102)87-70(99)64-46(5)34-56-55-27-26-53-37-54(91)28-30-77(53,12)81(55,82)59(92)39-76(56,64)11/h20-22,24-25,28,30,37,44-51,55-60,63-69,73,92,96-98,103-104H,19,23,26-27,29,31-36,38-43H2,1-18H3,(H,83,84)(H,86,93)(H,94,95)(H2,85,87,99,102)/p+1/t45?,46-,47?,48?,49?,50?,51?,55?,56?,57?,58?,59+,60?,63?,64-,65?,66?,67?,68?,69?,73?,76+,77+,78?,79?,80?,81+/m1/s1. The molecule has 3 aliphatic heterocycles. The fraction of sp³-hybridized carbons (Fsp3) is 0.778. The Morgan fingerprint density at radius 2 is 1.55 bits per heavy atom. The molecular weight excluding hydrogens is 1420 g/mol. The molecule has 28 nitrogen and oxygen atoms in total. The van der Waals surface area contributed by atoms with E-state index in [9.17, 15) is 64.5 Å². The molecule has 110 heavy (non-hydrogen) atoms. The minimum absolute atomic E-state index is 0.00210. The molecule has 5 amide bonds. The average molecular weight is 1550 g/mol. The summed E-state index contributed by atoms with van der Waals surface area (Å²) in [4.78, 5) is 106. The number of carbonyl (C=O) groups excluding carboxylic acids is 6. The first-order chi connectivity index (χ1) is 51.4. The van der Waals surface area contributed by atoms with Gasteiger partial charge in [-0.05, 0) is 174 Å². The summed E-state index contributed by atoms with van der Waals surface area (Å²) in [7, 11) is 5.15. The van der Waals surface area contributed by atoms with Gasteiger partial charge in [0.2, 0.25) is 11.8 Å². The van der Waals surface area contributed by atoms with Crippen LogP contribution in [0.3, 0.4) is 0 Å². The fourth-order valence-corrected chi connectivity index (χ4v) is 19.5. The number of benzene rings is 1. The Hall–Kier alpha value is -5.93. The summed E-state index contributed by atoms with van der Waals surface area (Å²) in [5.74, 6) is -9.11. The van der Waals surface area contributed by atoms with Crippen molar-refractivity contribution in [1.29, 1.82) is 0 Å². The predicted octanol–water partition coefficient (Wildman–Crippen LogP) is 3.43. The van der Waals surface area contributed by atoms with Crippen molar-refractivity contribution in [1.82, 2.24) is 36.0 Å². The molecule has 3 saturated heterocycles. The maximum atomic E-state index is 17.9. The number of aliphatic hydroxyl groups is 6. The maximum Gasteiger partial charge on any atom is 0.353 e. The summed E-state index contributed by atoms with van der Waals surface area (Å²) in [6, 6.07) is 5.24. The quantitative estimate of drug-likeness (QED) is 0.0323.